The van der Waals surface area contributed by atoms with E-state index in [-0.39, 0.29) is 24.6 Å². The third-order valence-electron chi connectivity index (χ3n) is 4.92. The summed E-state index contributed by atoms with van der Waals surface area (Å²) in [7, 11) is 0. The van der Waals surface area contributed by atoms with E-state index in [0.717, 1.165) is 11.1 Å². The van der Waals surface area contributed by atoms with Gasteiger partial charge < -0.3 is 15.0 Å². The number of ether oxygens (including phenoxy) is 1. The van der Waals surface area contributed by atoms with Gasteiger partial charge in [-0.05, 0) is 36.6 Å². The SMILES string of the molecule is Cc1ccccc1CCNC(=O)COC(=O)[C@@H]1CC(=O)N(c2ccccc2F)C1. The Hall–Kier alpha value is -3.22. The first-order chi connectivity index (χ1) is 14.0. The molecule has 0 bridgehead atoms. The molecule has 0 spiro atoms. The van der Waals surface area contributed by atoms with E-state index in [1.165, 1.54) is 23.1 Å². The van der Waals surface area contributed by atoms with Gasteiger partial charge in [-0.1, -0.05) is 36.4 Å². The Morgan fingerprint density at radius 2 is 1.90 bits per heavy atom. The van der Waals surface area contributed by atoms with Gasteiger partial charge in [0.1, 0.15) is 5.82 Å². The first-order valence-corrected chi connectivity index (χ1v) is 9.48. The number of nitrogens with zero attached hydrogens (tertiary/aromatic N) is 1. The molecular weight excluding hydrogens is 375 g/mol. The van der Waals surface area contributed by atoms with Crippen molar-refractivity contribution in [1.82, 2.24) is 5.32 Å². The summed E-state index contributed by atoms with van der Waals surface area (Å²) in [5, 5.41) is 2.71. The van der Waals surface area contributed by atoms with Crippen molar-refractivity contribution in [3.05, 3.63) is 65.5 Å². The number of benzene rings is 2. The van der Waals surface area contributed by atoms with Crippen LogP contribution < -0.4 is 10.2 Å². The number of hydrogen-bond acceptors (Lipinski definition) is 4. The zero-order valence-electron chi connectivity index (χ0n) is 16.2. The molecule has 0 aliphatic carbocycles. The number of esters is 1. The van der Waals surface area contributed by atoms with Crippen LogP contribution in [-0.4, -0.2) is 37.5 Å². The summed E-state index contributed by atoms with van der Waals surface area (Å²) in [6.45, 7) is 2.07. The Labute approximate surface area is 168 Å². The number of para-hydroxylation sites is 1. The van der Waals surface area contributed by atoms with Crippen LogP contribution >= 0.6 is 0 Å². The number of aryl methyl sites for hydroxylation is 1. The molecule has 1 saturated heterocycles. The normalized spacial score (nSPS) is 16.0. The lowest BCUT2D eigenvalue weighted by Gasteiger charge is -2.17. The first kappa shape index (κ1) is 20.5. The fourth-order valence-corrected chi connectivity index (χ4v) is 3.30. The summed E-state index contributed by atoms with van der Waals surface area (Å²) in [6.07, 6.45) is 0.614. The molecule has 7 heteroatoms. The van der Waals surface area contributed by atoms with Crippen LogP contribution in [0.2, 0.25) is 0 Å². The third-order valence-corrected chi connectivity index (χ3v) is 4.92. The van der Waals surface area contributed by atoms with Crippen molar-refractivity contribution in [3.8, 4) is 0 Å². The van der Waals surface area contributed by atoms with Crippen molar-refractivity contribution in [2.45, 2.75) is 19.8 Å². The molecule has 2 aromatic carbocycles. The van der Waals surface area contributed by atoms with E-state index in [0.29, 0.717) is 13.0 Å². The standard InChI is InChI=1S/C22H23FN2O4/c1-15-6-2-3-7-16(15)10-11-24-20(26)14-29-22(28)17-12-21(27)25(13-17)19-9-5-4-8-18(19)23/h2-9,17H,10-14H2,1H3,(H,24,26)/t17-/m1/s1. The number of carbonyl (C=O) groups is 3. The zero-order valence-corrected chi connectivity index (χ0v) is 16.2. The molecule has 1 N–H and O–H groups in total. The van der Waals surface area contributed by atoms with Crippen LogP contribution in [0.1, 0.15) is 17.5 Å². The maximum Gasteiger partial charge on any atom is 0.311 e. The average molecular weight is 398 g/mol. The Kier molecular flexibility index (Phi) is 6.59. The Balaban J connectivity index is 1.43. The zero-order chi connectivity index (χ0) is 20.8. The van der Waals surface area contributed by atoms with Gasteiger partial charge in [-0.15, -0.1) is 0 Å². The Bertz CT molecular complexity index is 915. The van der Waals surface area contributed by atoms with Gasteiger partial charge >= 0.3 is 5.97 Å². The van der Waals surface area contributed by atoms with E-state index >= 15 is 0 Å². The van der Waals surface area contributed by atoms with Crippen LogP contribution in [0, 0.1) is 18.7 Å². The molecule has 3 rings (SSSR count). The number of halogens is 1. The smallest absolute Gasteiger partial charge is 0.311 e. The molecule has 6 nitrogen and oxygen atoms in total. The summed E-state index contributed by atoms with van der Waals surface area (Å²) in [4.78, 5) is 37.5. The number of nitrogens with one attached hydrogen (secondary N) is 1. The summed E-state index contributed by atoms with van der Waals surface area (Å²) in [6, 6.07) is 13.8. The largest absolute Gasteiger partial charge is 0.455 e. The van der Waals surface area contributed by atoms with Crippen LogP contribution in [0.5, 0.6) is 0 Å². The second-order valence-corrected chi connectivity index (χ2v) is 6.99. The van der Waals surface area contributed by atoms with Crippen molar-refractivity contribution in [2.24, 2.45) is 5.92 Å². The minimum Gasteiger partial charge on any atom is -0.455 e. The average Bonchev–Trinajstić information content (AvgIpc) is 3.09. The predicted molar refractivity (Wildman–Crippen MR) is 106 cm³/mol. The number of carbonyl (C=O) groups excluding carboxylic acids is 3. The molecule has 29 heavy (non-hydrogen) atoms. The Morgan fingerprint density at radius 3 is 2.66 bits per heavy atom. The van der Waals surface area contributed by atoms with Crippen molar-refractivity contribution in [3.63, 3.8) is 0 Å². The highest BCUT2D eigenvalue weighted by Gasteiger charge is 2.37. The molecule has 2 amide bonds. The van der Waals surface area contributed by atoms with Gasteiger partial charge in [-0.3, -0.25) is 14.4 Å². The van der Waals surface area contributed by atoms with Crippen LogP contribution in [0.3, 0.4) is 0 Å². The van der Waals surface area contributed by atoms with Crippen molar-refractivity contribution < 1.29 is 23.5 Å². The van der Waals surface area contributed by atoms with E-state index in [4.69, 9.17) is 4.74 Å². The van der Waals surface area contributed by atoms with Crippen molar-refractivity contribution >= 4 is 23.5 Å². The second kappa shape index (κ2) is 9.32. The molecule has 0 radical (unpaired) electrons. The quantitative estimate of drug-likeness (QED) is 0.727. The van der Waals surface area contributed by atoms with E-state index < -0.39 is 30.2 Å². The molecule has 1 atom stereocenters. The van der Waals surface area contributed by atoms with E-state index in [1.807, 2.05) is 31.2 Å². The molecule has 1 heterocycles. The maximum absolute atomic E-state index is 13.9. The van der Waals surface area contributed by atoms with E-state index in [1.54, 1.807) is 6.07 Å². The van der Waals surface area contributed by atoms with E-state index in [2.05, 4.69) is 5.32 Å². The summed E-state index contributed by atoms with van der Waals surface area (Å²) < 4.78 is 19.0. The van der Waals surface area contributed by atoms with Crippen LogP contribution in [0.4, 0.5) is 10.1 Å². The number of amides is 2. The fourth-order valence-electron chi connectivity index (χ4n) is 3.30. The van der Waals surface area contributed by atoms with Gasteiger partial charge in [-0.25, -0.2) is 4.39 Å². The predicted octanol–water partition coefficient (Wildman–Crippen LogP) is 2.39. The fraction of sp³-hybridized carbons (Fsp3) is 0.318. The molecule has 0 saturated carbocycles. The van der Waals surface area contributed by atoms with Gasteiger partial charge in [-0.2, -0.15) is 0 Å². The van der Waals surface area contributed by atoms with Gasteiger partial charge in [0, 0.05) is 19.5 Å². The van der Waals surface area contributed by atoms with Gasteiger partial charge in [0.15, 0.2) is 6.61 Å². The second-order valence-electron chi connectivity index (χ2n) is 6.99. The van der Waals surface area contributed by atoms with Crippen LogP contribution in [-0.2, 0) is 25.5 Å². The molecule has 152 valence electrons. The Morgan fingerprint density at radius 1 is 1.17 bits per heavy atom. The molecule has 1 fully saturated rings. The minimum absolute atomic E-state index is 0.0352. The monoisotopic (exact) mass is 398 g/mol. The first-order valence-electron chi connectivity index (χ1n) is 9.48. The number of hydrogen-bond donors (Lipinski definition) is 1. The highest BCUT2D eigenvalue weighted by Crippen LogP contribution is 2.27. The minimum atomic E-state index is -0.720. The maximum atomic E-state index is 13.9. The van der Waals surface area contributed by atoms with Crippen molar-refractivity contribution in [2.75, 3.05) is 24.6 Å². The van der Waals surface area contributed by atoms with Crippen molar-refractivity contribution in [1.29, 1.82) is 0 Å². The topological polar surface area (TPSA) is 75.7 Å². The highest BCUT2D eigenvalue weighted by atomic mass is 19.1. The van der Waals surface area contributed by atoms with Gasteiger partial charge in [0.2, 0.25) is 5.91 Å². The van der Waals surface area contributed by atoms with Crippen LogP contribution in [0.25, 0.3) is 0 Å². The lowest BCUT2D eigenvalue weighted by atomic mass is 10.1. The molecule has 1 aliphatic heterocycles. The van der Waals surface area contributed by atoms with E-state index in [9.17, 15) is 18.8 Å². The summed E-state index contributed by atoms with van der Waals surface area (Å²) >= 11 is 0. The third kappa shape index (κ3) is 5.19. The molecule has 1 aliphatic rings. The number of rotatable bonds is 7. The highest BCUT2D eigenvalue weighted by molar-refractivity contribution is 5.99. The van der Waals surface area contributed by atoms with Gasteiger partial charge in [0.05, 0.1) is 11.6 Å². The lowest BCUT2D eigenvalue weighted by molar-refractivity contribution is -0.152. The molecule has 2 aromatic rings. The van der Waals surface area contributed by atoms with Gasteiger partial charge in [0.25, 0.3) is 5.91 Å². The lowest BCUT2D eigenvalue weighted by Crippen LogP contribution is -2.32. The number of anilines is 1. The molecular formula is C22H23FN2O4. The van der Waals surface area contributed by atoms with Crippen LogP contribution in [0.15, 0.2) is 48.5 Å². The summed E-state index contributed by atoms with van der Waals surface area (Å²) in [5.41, 5.74) is 2.43. The molecule has 0 aromatic heterocycles. The summed E-state index contributed by atoms with van der Waals surface area (Å²) in [5.74, 6) is -2.63. The molecule has 0 unspecified atom stereocenters.